The van der Waals surface area contributed by atoms with Gasteiger partial charge in [-0.15, -0.1) is 0 Å². The van der Waals surface area contributed by atoms with Crippen molar-refractivity contribution in [2.45, 2.75) is 18.9 Å². The van der Waals surface area contributed by atoms with Crippen molar-refractivity contribution in [2.24, 2.45) is 0 Å². The summed E-state index contributed by atoms with van der Waals surface area (Å²) in [5.74, 6) is -0.637. The molecular formula is C13H11ClN4O3. The maximum atomic E-state index is 11.9. The van der Waals surface area contributed by atoms with Crippen LogP contribution in [0.1, 0.15) is 12.8 Å². The number of anilines is 1. The van der Waals surface area contributed by atoms with Crippen LogP contribution in [0.5, 0.6) is 0 Å². The highest BCUT2D eigenvalue weighted by atomic mass is 35.5. The van der Waals surface area contributed by atoms with E-state index in [1.165, 1.54) is 18.3 Å². The van der Waals surface area contributed by atoms with Gasteiger partial charge in [-0.3, -0.25) is 14.9 Å². The molecule has 1 aromatic rings. The zero-order valence-corrected chi connectivity index (χ0v) is 11.6. The molecule has 0 atom stereocenters. The van der Waals surface area contributed by atoms with E-state index in [1.807, 2.05) is 0 Å². The van der Waals surface area contributed by atoms with Gasteiger partial charge >= 0.3 is 0 Å². The molecule has 1 aliphatic carbocycles. The third-order valence-electron chi connectivity index (χ3n) is 2.81. The van der Waals surface area contributed by atoms with Crippen LogP contribution in [0.4, 0.5) is 11.4 Å². The Hall–Kier alpha value is -2.59. The van der Waals surface area contributed by atoms with Gasteiger partial charge in [-0.05, 0) is 25.0 Å². The number of amides is 1. The van der Waals surface area contributed by atoms with E-state index >= 15 is 0 Å². The first kappa shape index (κ1) is 14.8. The van der Waals surface area contributed by atoms with Crippen LogP contribution >= 0.6 is 11.6 Å². The van der Waals surface area contributed by atoms with E-state index in [1.54, 1.807) is 6.07 Å². The van der Waals surface area contributed by atoms with Crippen LogP contribution in [-0.4, -0.2) is 16.9 Å². The number of carbonyl (C=O) groups is 1. The molecule has 1 aliphatic rings. The number of nitro benzene ring substituents is 1. The SMILES string of the molecule is N#C/C(=C/NC1CC1)C(=O)Nc1ccc(Cl)c([N+](=O)[O-])c1. The zero-order valence-electron chi connectivity index (χ0n) is 10.8. The van der Waals surface area contributed by atoms with Gasteiger partial charge in [0.05, 0.1) is 4.92 Å². The lowest BCUT2D eigenvalue weighted by Gasteiger charge is -2.05. The summed E-state index contributed by atoms with van der Waals surface area (Å²) in [5, 5.41) is 25.1. The number of benzene rings is 1. The first-order chi connectivity index (χ1) is 10.0. The molecular weight excluding hydrogens is 296 g/mol. The summed E-state index contributed by atoms with van der Waals surface area (Å²) in [4.78, 5) is 22.0. The highest BCUT2D eigenvalue weighted by Gasteiger charge is 2.20. The van der Waals surface area contributed by atoms with Crippen LogP contribution in [-0.2, 0) is 4.79 Å². The number of nitrogens with one attached hydrogen (secondary N) is 2. The third kappa shape index (κ3) is 3.94. The van der Waals surface area contributed by atoms with Crippen molar-refractivity contribution in [1.29, 1.82) is 5.26 Å². The first-order valence-corrected chi connectivity index (χ1v) is 6.50. The Bertz CT molecular complexity index is 662. The van der Waals surface area contributed by atoms with Crippen molar-refractivity contribution in [3.63, 3.8) is 0 Å². The third-order valence-corrected chi connectivity index (χ3v) is 3.13. The van der Waals surface area contributed by atoms with E-state index < -0.39 is 10.8 Å². The van der Waals surface area contributed by atoms with Crippen LogP contribution in [0.3, 0.4) is 0 Å². The minimum absolute atomic E-state index is 0.0237. The van der Waals surface area contributed by atoms with Gasteiger partial charge < -0.3 is 10.6 Å². The summed E-state index contributed by atoms with van der Waals surface area (Å²) < 4.78 is 0. The molecule has 0 heterocycles. The van der Waals surface area contributed by atoms with Crippen molar-refractivity contribution < 1.29 is 9.72 Å². The Morgan fingerprint density at radius 2 is 2.24 bits per heavy atom. The second-order valence-corrected chi connectivity index (χ2v) is 4.90. The number of carbonyl (C=O) groups excluding carboxylic acids is 1. The molecule has 0 saturated heterocycles. The predicted molar refractivity (Wildman–Crippen MR) is 76.6 cm³/mol. The number of halogens is 1. The molecule has 1 aromatic carbocycles. The van der Waals surface area contributed by atoms with Crippen LogP contribution in [0.15, 0.2) is 30.0 Å². The van der Waals surface area contributed by atoms with Crippen molar-refractivity contribution >= 4 is 28.9 Å². The summed E-state index contributed by atoms with van der Waals surface area (Å²) in [6, 6.07) is 5.98. The fourth-order valence-electron chi connectivity index (χ4n) is 1.53. The highest BCUT2D eigenvalue weighted by molar-refractivity contribution is 6.32. The quantitative estimate of drug-likeness (QED) is 0.376. The topological polar surface area (TPSA) is 108 Å². The standard InChI is InChI=1S/C13H11ClN4O3/c14-11-4-3-10(5-12(11)18(20)21)17-13(19)8(6-15)7-16-9-1-2-9/h3-5,7,9,16H,1-2H2,(H,17,19)/b8-7-. The minimum atomic E-state index is -0.645. The van der Waals surface area contributed by atoms with Gasteiger partial charge in [0.25, 0.3) is 11.6 Å². The molecule has 0 aromatic heterocycles. The fraction of sp³-hybridized carbons (Fsp3) is 0.231. The van der Waals surface area contributed by atoms with Gasteiger partial charge in [0.1, 0.15) is 16.7 Å². The van der Waals surface area contributed by atoms with Crippen LogP contribution in [0.25, 0.3) is 0 Å². The lowest BCUT2D eigenvalue weighted by Crippen LogP contribution is -2.17. The second kappa shape index (κ2) is 6.24. The van der Waals surface area contributed by atoms with Gasteiger partial charge in [0, 0.05) is 24.0 Å². The molecule has 1 amide bonds. The molecule has 108 valence electrons. The summed E-state index contributed by atoms with van der Waals surface area (Å²) in [7, 11) is 0. The molecule has 2 rings (SSSR count). The second-order valence-electron chi connectivity index (χ2n) is 4.49. The van der Waals surface area contributed by atoms with Gasteiger partial charge in [-0.1, -0.05) is 11.6 Å². The van der Waals surface area contributed by atoms with Gasteiger partial charge in [-0.25, -0.2) is 0 Å². The number of nitro groups is 1. The summed E-state index contributed by atoms with van der Waals surface area (Å²) in [6.45, 7) is 0. The fourth-order valence-corrected chi connectivity index (χ4v) is 1.72. The molecule has 0 radical (unpaired) electrons. The Morgan fingerprint density at radius 1 is 1.52 bits per heavy atom. The number of nitriles is 1. The molecule has 0 spiro atoms. The first-order valence-electron chi connectivity index (χ1n) is 6.13. The summed E-state index contributed by atoms with van der Waals surface area (Å²) in [5.41, 5.74) is -0.212. The van der Waals surface area contributed by atoms with Crippen molar-refractivity contribution in [3.05, 3.63) is 45.1 Å². The predicted octanol–water partition coefficient (Wildman–Crippen LogP) is 2.35. The number of rotatable bonds is 5. The Kier molecular flexibility index (Phi) is 4.40. The molecule has 21 heavy (non-hydrogen) atoms. The highest BCUT2D eigenvalue weighted by Crippen LogP contribution is 2.27. The van der Waals surface area contributed by atoms with Crippen molar-refractivity contribution in [1.82, 2.24) is 5.32 Å². The van der Waals surface area contributed by atoms with Gasteiger partial charge in [0.15, 0.2) is 0 Å². The van der Waals surface area contributed by atoms with Crippen LogP contribution < -0.4 is 10.6 Å². The van der Waals surface area contributed by atoms with Gasteiger partial charge in [-0.2, -0.15) is 5.26 Å². The van der Waals surface area contributed by atoms with E-state index in [4.69, 9.17) is 16.9 Å². The Balaban J connectivity index is 2.11. The molecule has 7 nitrogen and oxygen atoms in total. The zero-order chi connectivity index (χ0) is 15.4. The van der Waals surface area contributed by atoms with E-state index in [9.17, 15) is 14.9 Å². The number of hydrogen-bond acceptors (Lipinski definition) is 5. The Labute approximate surface area is 125 Å². The van der Waals surface area contributed by atoms with Crippen LogP contribution in [0, 0.1) is 21.4 Å². The Morgan fingerprint density at radius 3 is 2.81 bits per heavy atom. The molecule has 0 aliphatic heterocycles. The summed E-state index contributed by atoms with van der Waals surface area (Å²) in [6.07, 6.45) is 3.39. The maximum Gasteiger partial charge on any atom is 0.289 e. The molecule has 8 heteroatoms. The normalized spacial score (nSPS) is 14.2. The van der Waals surface area contributed by atoms with Crippen LogP contribution in [0.2, 0.25) is 5.02 Å². The summed E-state index contributed by atoms with van der Waals surface area (Å²) >= 11 is 5.68. The molecule has 0 unspecified atom stereocenters. The molecule has 1 fully saturated rings. The van der Waals surface area contributed by atoms with E-state index in [-0.39, 0.29) is 22.0 Å². The average Bonchev–Trinajstić information content (AvgIpc) is 3.25. The lowest BCUT2D eigenvalue weighted by molar-refractivity contribution is -0.384. The average molecular weight is 307 g/mol. The largest absolute Gasteiger partial charge is 0.387 e. The minimum Gasteiger partial charge on any atom is -0.387 e. The number of hydrogen-bond donors (Lipinski definition) is 2. The maximum absolute atomic E-state index is 11.9. The monoisotopic (exact) mass is 306 g/mol. The van der Waals surface area contributed by atoms with E-state index in [0.29, 0.717) is 6.04 Å². The number of nitrogens with zero attached hydrogens (tertiary/aromatic N) is 2. The lowest BCUT2D eigenvalue weighted by atomic mass is 10.2. The molecule has 1 saturated carbocycles. The van der Waals surface area contributed by atoms with Crippen molar-refractivity contribution in [3.8, 4) is 6.07 Å². The van der Waals surface area contributed by atoms with Gasteiger partial charge in [0.2, 0.25) is 0 Å². The molecule has 0 bridgehead atoms. The van der Waals surface area contributed by atoms with E-state index in [0.717, 1.165) is 18.9 Å². The molecule has 2 N–H and O–H groups in total. The van der Waals surface area contributed by atoms with E-state index in [2.05, 4.69) is 10.6 Å². The smallest absolute Gasteiger partial charge is 0.289 e. The van der Waals surface area contributed by atoms with Crippen molar-refractivity contribution in [2.75, 3.05) is 5.32 Å².